The van der Waals surface area contributed by atoms with Crippen molar-refractivity contribution in [2.45, 2.75) is 58.4 Å². The molecule has 1 saturated heterocycles. The van der Waals surface area contributed by atoms with Crippen LogP contribution in [0, 0.1) is 11.8 Å². The van der Waals surface area contributed by atoms with Crippen LogP contribution in [-0.2, 0) is 103 Å². The number of amides is 5. The van der Waals surface area contributed by atoms with E-state index in [0.29, 0.717) is 98.9 Å². The lowest BCUT2D eigenvalue weighted by molar-refractivity contribution is -0.144. The van der Waals surface area contributed by atoms with Crippen LogP contribution in [0.1, 0.15) is 50.7 Å². The summed E-state index contributed by atoms with van der Waals surface area (Å²) in [5.74, 6) is -4.08. The van der Waals surface area contributed by atoms with Crippen molar-refractivity contribution in [3.05, 3.63) is 35.4 Å². The maximum Gasteiger partial charge on any atom is 0.242 e. The Balaban J connectivity index is 2.24. The Morgan fingerprint density at radius 2 is 0.886 bits per heavy atom. The van der Waals surface area contributed by atoms with Gasteiger partial charge < -0.3 is 82.2 Å². The van der Waals surface area contributed by atoms with Gasteiger partial charge in [-0.05, 0) is 24.5 Å². The number of hydrogen-bond acceptors (Lipinski definition) is 19. The summed E-state index contributed by atoms with van der Waals surface area (Å²) in [4.78, 5) is 101. The molecule has 1 heterocycles. The second kappa shape index (κ2) is 45.1. The molecule has 452 valence electrons. The van der Waals surface area contributed by atoms with Gasteiger partial charge in [0.25, 0.3) is 0 Å². The summed E-state index contributed by atoms with van der Waals surface area (Å²) >= 11 is 0. The highest BCUT2D eigenvalue weighted by Crippen LogP contribution is 2.26. The van der Waals surface area contributed by atoms with Gasteiger partial charge in [-0.1, -0.05) is 31.2 Å². The van der Waals surface area contributed by atoms with Gasteiger partial charge in [0, 0.05) is 105 Å². The van der Waals surface area contributed by atoms with Crippen molar-refractivity contribution in [3.63, 3.8) is 0 Å². The Hall–Kier alpha value is -4.57. The maximum absolute atomic E-state index is 14.4. The minimum Gasteiger partial charge on any atom is -0.382 e. The molecule has 2 unspecified atom stereocenters. The molecule has 0 saturated carbocycles. The lowest BCUT2D eigenvalue weighted by Crippen LogP contribution is -2.47. The molecule has 0 bridgehead atoms. The molecule has 5 amide bonds. The van der Waals surface area contributed by atoms with Gasteiger partial charge >= 0.3 is 0 Å². The first-order chi connectivity index (χ1) is 38.3. The lowest BCUT2D eigenvalue weighted by Gasteiger charge is -2.29. The number of ketones is 2. The molecule has 1 aromatic rings. The summed E-state index contributed by atoms with van der Waals surface area (Å²) < 4.78 is 65.1. The summed E-state index contributed by atoms with van der Waals surface area (Å²) in [5, 5.41) is 0. The summed E-state index contributed by atoms with van der Waals surface area (Å²) in [7, 11) is 6.33. The lowest BCUT2D eigenvalue weighted by atomic mass is 9.92. The first kappa shape index (κ1) is 70.5. The van der Waals surface area contributed by atoms with E-state index in [1.165, 1.54) is 14.7 Å². The Labute approximate surface area is 467 Å². The number of hydrogen-bond donors (Lipinski definition) is 1. The molecule has 3 atom stereocenters. The molecule has 0 aliphatic carbocycles. The first-order valence-electron chi connectivity index (χ1n) is 27.4. The van der Waals surface area contributed by atoms with Gasteiger partial charge in [-0.2, -0.15) is 0 Å². The molecule has 2 rings (SSSR count). The molecule has 2 N–H and O–H groups in total. The fraction of sp³-hybridized carbons (Fsp3) is 0.764. The van der Waals surface area contributed by atoms with Crippen LogP contribution >= 0.6 is 0 Å². The molecule has 1 aliphatic heterocycles. The Bertz CT molecular complexity index is 1810. The average Bonchev–Trinajstić information content (AvgIpc) is 3.84. The molecule has 79 heavy (non-hydrogen) atoms. The summed E-state index contributed by atoms with van der Waals surface area (Å²) in [6.07, 6.45) is -0.0757. The Morgan fingerprint density at radius 1 is 0.506 bits per heavy atom. The Morgan fingerprint density at radius 3 is 1.29 bits per heavy atom. The van der Waals surface area contributed by atoms with Crippen molar-refractivity contribution >= 4 is 41.1 Å². The van der Waals surface area contributed by atoms with Crippen LogP contribution in [0.5, 0.6) is 0 Å². The van der Waals surface area contributed by atoms with E-state index in [2.05, 4.69) is 0 Å². The van der Waals surface area contributed by atoms with Crippen molar-refractivity contribution in [2.24, 2.45) is 17.6 Å². The van der Waals surface area contributed by atoms with Crippen LogP contribution in [0.15, 0.2) is 24.3 Å². The van der Waals surface area contributed by atoms with E-state index >= 15 is 0 Å². The standard InChI is InChI=1S/C55H93N5O19/c1-44(49(61)42-48-11-14-60(55(48)67)45(2)50(62)40-46-7-9-47(10-8-46)41-51(56)63)39-53(65)59(43-54(66)58(17-21-74-33-37-78-29-25-70-5)18-22-75-34-38-79-30-26-71-6)13-12-52(64)57(15-19-72-31-35-76-27-23-68-3)16-20-73-32-36-77-28-24-69-4/h7-10,44-45,48H,11-43H2,1-6H3,(H2,56,63)/t44-,45?,48?/m0/s1. The molecular formula is C55H93N5O19. The van der Waals surface area contributed by atoms with Crippen LogP contribution in [-0.4, -0.2) is 273 Å². The zero-order valence-electron chi connectivity index (χ0n) is 48.0. The number of carbonyl (C=O) groups excluding carboxylic acids is 7. The van der Waals surface area contributed by atoms with Crippen LogP contribution < -0.4 is 5.73 Å². The van der Waals surface area contributed by atoms with Gasteiger partial charge in [-0.15, -0.1) is 0 Å². The van der Waals surface area contributed by atoms with E-state index in [0.717, 1.165) is 11.1 Å². The monoisotopic (exact) mass is 1130 g/mol. The molecule has 1 fully saturated rings. The number of likely N-dealkylation sites (tertiary alicyclic amines) is 1. The van der Waals surface area contributed by atoms with Crippen molar-refractivity contribution in [1.29, 1.82) is 0 Å². The number of nitrogens with zero attached hydrogens (tertiary/aromatic N) is 4. The average molecular weight is 1130 g/mol. The molecule has 0 radical (unpaired) electrons. The summed E-state index contributed by atoms with van der Waals surface area (Å²) in [6, 6.07) is 6.24. The van der Waals surface area contributed by atoms with Crippen molar-refractivity contribution < 1.29 is 90.4 Å². The van der Waals surface area contributed by atoms with Crippen molar-refractivity contribution in [3.8, 4) is 0 Å². The number of Topliss-reactive ketones (excluding diaryl/α,β-unsaturated/α-hetero) is 2. The van der Waals surface area contributed by atoms with Gasteiger partial charge in [0.1, 0.15) is 5.78 Å². The molecule has 24 nitrogen and oxygen atoms in total. The van der Waals surface area contributed by atoms with Gasteiger partial charge in [-0.3, -0.25) is 33.6 Å². The number of carbonyl (C=O) groups is 7. The zero-order chi connectivity index (χ0) is 57.9. The number of nitrogens with two attached hydrogens (primary N) is 1. The maximum atomic E-state index is 14.4. The summed E-state index contributed by atoms with van der Waals surface area (Å²) in [5.41, 5.74) is 6.76. The predicted octanol–water partition coefficient (Wildman–Crippen LogP) is 0.643. The number of methoxy groups -OCH3 is 4. The SMILES string of the molecule is COCCOCCOCCN(CCOCCOCCOC)C(=O)CCN(CC(=O)N(CCOCCOCCOC)CCOCCOCCOC)C(=O)C[C@H](C)C(=O)CC1CCN(C(C)C(=O)Cc2ccc(CC(N)=O)cc2)C1=O. The second-order valence-electron chi connectivity index (χ2n) is 18.8. The summed E-state index contributed by atoms with van der Waals surface area (Å²) in [6.45, 7) is 10.3. The van der Waals surface area contributed by atoms with Crippen LogP contribution in [0.25, 0.3) is 0 Å². The molecule has 0 spiro atoms. The number of ether oxygens (including phenoxy) is 12. The van der Waals surface area contributed by atoms with Crippen molar-refractivity contribution in [2.75, 3.05) is 206 Å². The molecule has 1 aliphatic rings. The fourth-order valence-electron chi connectivity index (χ4n) is 8.01. The van der Waals surface area contributed by atoms with Gasteiger partial charge in [0.2, 0.25) is 29.5 Å². The minimum absolute atomic E-state index is 0.0727. The van der Waals surface area contributed by atoms with E-state index in [-0.39, 0.29) is 134 Å². The number of benzene rings is 1. The second-order valence-corrected chi connectivity index (χ2v) is 18.8. The van der Waals surface area contributed by atoms with E-state index in [9.17, 15) is 33.6 Å². The highest BCUT2D eigenvalue weighted by Gasteiger charge is 2.38. The van der Waals surface area contributed by atoms with E-state index in [1.54, 1.807) is 71.5 Å². The third kappa shape index (κ3) is 32.5. The Kier molecular flexibility index (Phi) is 40.3. The third-order valence-corrected chi connectivity index (χ3v) is 12.8. The number of rotatable bonds is 52. The van der Waals surface area contributed by atoms with Crippen molar-refractivity contribution in [1.82, 2.24) is 19.6 Å². The number of primary amides is 1. The van der Waals surface area contributed by atoms with Crippen LogP contribution in [0.3, 0.4) is 0 Å². The first-order valence-corrected chi connectivity index (χ1v) is 27.4. The van der Waals surface area contributed by atoms with Gasteiger partial charge in [0.05, 0.1) is 151 Å². The molecule has 0 aromatic heterocycles. The highest BCUT2D eigenvalue weighted by atomic mass is 16.6. The zero-order valence-corrected chi connectivity index (χ0v) is 48.0. The van der Waals surface area contributed by atoms with E-state index < -0.39 is 42.1 Å². The van der Waals surface area contributed by atoms with E-state index in [1.807, 2.05) is 0 Å². The quantitative estimate of drug-likeness (QED) is 0.0877. The largest absolute Gasteiger partial charge is 0.382 e. The molecule has 1 aromatic carbocycles. The molecular weight excluding hydrogens is 1030 g/mol. The fourth-order valence-corrected chi connectivity index (χ4v) is 8.01. The van der Waals surface area contributed by atoms with Gasteiger partial charge in [0.15, 0.2) is 5.78 Å². The topological polar surface area (TPSA) is 269 Å². The highest BCUT2D eigenvalue weighted by molar-refractivity contribution is 5.95. The normalized spacial score (nSPS) is 14.1. The van der Waals surface area contributed by atoms with E-state index in [4.69, 9.17) is 62.6 Å². The van der Waals surface area contributed by atoms with Crippen LogP contribution in [0.2, 0.25) is 0 Å². The third-order valence-electron chi connectivity index (χ3n) is 12.8. The molecule has 24 heteroatoms. The minimum atomic E-state index is -0.850. The smallest absolute Gasteiger partial charge is 0.242 e. The van der Waals surface area contributed by atoms with Gasteiger partial charge in [-0.25, -0.2) is 0 Å². The van der Waals surface area contributed by atoms with Crippen LogP contribution in [0.4, 0.5) is 0 Å². The predicted molar refractivity (Wildman–Crippen MR) is 289 cm³/mol.